The van der Waals surface area contributed by atoms with Gasteiger partial charge in [0.1, 0.15) is 6.10 Å². The molecule has 17 heavy (non-hydrogen) atoms. The van der Waals surface area contributed by atoms with Gasteiger partial charge in [-0.1, -0.05) is 0 Å². The molecule has 98 valence electrons. The SMILES string of the molecule is CC(C)(C)NC(=O)OC1CCN(C(N)=S)CC1. The van der Waals surface area contributed by atoms with E-state index in [4.69, 9.17) is 22.7 Å². The lowest BCUT2D eigenvalue weighted by Gasteiger charge is -2.32. The van der Waals surface area contributed by atoms with Crippen molar-refractivity contribution >= 4 is 23.4 Å². The van der Waals surface area contributed by atoms with E-state index < -0.39 is 0 Å². The second-order valence-electron chi connectivity index (χ2n) is 5.30. The van der Waals surface area contributed by atoms with Gasteiger partial charge in [-0.05, 0) is 33.0 Å². The predicted octanol–water partition coefficient (Wildman–Crippen LogP) is 1.22. The summed E-state index contributed by atoms with van der Waals surface area (Å²) in [5.74, 6) is 0. The quantitative estimate of drug-likeness (QED) is 0.693. The molecule has 0 spiro atoms. The molecule has 6 heteroatoms. The minimum atomic E-state index is -0.355. The smallest absolute Gasteiger partial charge is 0.407 e. The zero-order valence-electron chi connectivity index (χ0n) is 10.7. The molecule has 0 saturated carbocycles. The fraction of sp³-hybridized carbons (Fsp3) is 0.818. The molecular formula is C11H21N3O2S. The van der Waals surface area contributed by atoms with Crippen molar-refractivity contribution in [1.82, 2.24) is 10.2 Å². The second-order valence-corrected chi connectivity index (χ2v) is 5.72. The lowest BCUT2D eigenvalue weighted by Crippen LogP contribution is -2.46. The molecule has 0 radical (unpaired) electrons. The molecule has 3 N–H and O–H groups in total. The fourth-order valence-corrected chi connectivity index (χ4v) is 1.86. The monoisotopic (exact) mass is 259 g/mol. The fourth-order valence-electron chi connectivity index (χ4n) is 1.68. The summed E-state index contributed by atoms with van der Waals surface area (Å²) in [6.45, 7) is 7.27. The van der Waals surface area contributed by atoms with Gasteiger partial charge in [-0.15, -0.1) is 0 Å². The van der Waals surface area contributed by atoms with Gasteiger partial charge in [0, 0.05) is 31.5 Å². The van der Waals surface area contributed by atoms with Crippen molar-refractivity contribution in [3.05, 3.63) is 0 Å². The van der Waals surface area contributed by atoms with Crippen LogP contribution in [0.15, 0.2) is 0 Å². The number of hydrogen-bond donors (Lipinski definition) is 2. The number of likely N-dealkylation sites (tertiary alicyclic amines) is 1. The number of nitrogens with two attached hydrogens (primary N) is 1. The number of carbonyl (C=O) groups is 1. The number of rotatable bonds is 1. The highest BCUT2D eigenvalue weighted by molar-refractivity contribution is 7.80. The average Bonchev–Trinajstić information content (AvgIpc) is 2.15. The molecule has 5 nitrogen and oxygen atoms in total. The molecule has 1 rings (SSSR count). The summed E-state index contributed by atoms with van der Waals surface area (Å²) >= 11 is 4.90. The van der Waals surface area contributed by atoms with Gasteiger partial charge in [0.05, 0.1) is 0 Å². The zero-order valence-corrected chi connectivity index (χ0v) is 11.5. The largest absolute Gasteiger partial charge is 0.446 e. The van der Waals surface area contributed by atoms with E-state index in [0.717, 1.165) is 25.9 Å². The van der Waals surface area contributed by atoms with Crippen LogP contribution in [-0.2, 0) is 4.74 Å². The Bertz CT molecular complexity index is 294. The minimum absolute atomic E-state index is 0.0389. The highest BCUT2D eigenvalue weighted by atomic mass is 32.1. The summed E-state index contributed by atoms with van der Waals surface area (Å²) in [5, 5.41) is 3.19. The average molecular weight is 259 g/mol. The van der Waals surface area contributed by atoms with Crippen LogP contribution in [0.4, 0.5) is 4.79 Å². The molecule has 0 atom stereocenters. The second kappa shape index (κ2) is 5.53. The molecule has 1 amide bonds. The Morgan fingerprint density at radius 1 is 1.41 bits per heavy atom. The van der Waals surface area contributed by atoms with Crippen molar-refractivity contribution in [2.75, 3.05) is 13.1 Å². The third-order valence-corrected chi connectivity index (χ3v) is 2.76. The van der Waals surface area contributed by atoms with Crippen LogP contribution in [0, 0.1) is 0 Å². The first-order valence-electron chi connectivity index (χ1n) is 5.81. The lowest BCUT2D eigenvalue weighted by atomic mass is 10.1. The first kappa shape index (κ1) is 14.0. The van der Waals surface area contributed by atoms with Crippen molar-refractivity contribution in [3.63, 3.8) is 0 Å². The van der Waals surface area contributed by atoms with Crippen LogP contribution in [-0.4, -0.2) is 40.8 Å². The highest BCUT2D eigenvalue weighted by Crippen LogP contribution is 2.14. The lowest BCUT2D eigenvalue weighted by molar-refractivity contribution is 0.0609. The van der Waals surface area contributed by atoms with Crippen LogP contribution >= 0.6 is 12.2 Å². The van der Waals surface area contributed by atoms with Gasteiger partial charge in [0.15, 0.2) is 5.11 Å². The van der Waals surface area contributed by atoms with Crippen molar-refractivity contribution in [2.45, 2.75) is 45.3 Å². The van der Waals surface area contributed by atoms with Crippen molar-refractivity contribution in [3.8, 4) is 0 Å². The molecule has 0 bridgehead atoms. The Labute approximate surface area is 108 Å². The van der Waals surface area contributed by atoms with Crippen LogP contribution in [0.3, 0.4) is 0 Å². The zero-order chi connectivity index (χ0) is 13.1. The molecule has 0 aliphatic carbocycles. The molecule has 1 fully saturated rings. The van der Waals surface area contributed by atoms with Gasteiger partial charge in [-0.3, -0.25) is 0 Å². The van der Waals surface area contributed by atoms with E-state index in [2.05, 4.69) is 5.32 Å². The summed E-state index contributed by atoms with van der Waals surface area (Å²) in [6.07, 6.45) is 1.15. The van der Waals surface area contributed by atoms with Gasteiger partial charge in [-0.25, -0.2) is 4.79 Å². The van der Waals surface area contributed by atoms with E-state index in [0.29, 0.717) is 5.11 Å². The van der Waals surface area contributed by atoms with Crippen LogP contribution in [0.2, 0.25) is 0 Å². The Morgan fingerprint density at radius 2 is 1.94 bits per heavy atom. The van der Waals surface area contributed by atoms with E-state index in [-0.39, 0.29) is 17.7 Å². The number of nitrogens with zero attached hydrogens (tertiary/aromatic N) is 1. The normalized spacial score (nSPS) is 17.7. The summed E-state index contributed by atoms with van der Waals surface area (Å²) in [4.78, 5) is 13.5. The predicted molar refractivity (Wildman–Crippen MR) is 70.8 cm³/mol. The maximum absolute atomic E-state index is 11.5. The van der Waals surface area contributed by atoms with E-state index in [1.54, 1.807) is 0 Å². The van der Waals surface area contributed by atoms with Gasteiger partial charge < -0.3 is 20.7 Å². The maximum Gasteiger partial charge on any atom is 0.407 e. The number of carbonyl (C=O) groups excluding carboxylic acids is 1. The summed E-state index contributed by atoms with van der Waals surface area (Å²) in [7, 11) is 0. The van der Waals surface area contributed by atoms with Crippen LogP contribution in [0.25, 0.3) is 0 Å². The number of alkyl carbamates (subject to hydrolysis) is 1. The molecule has 1 aliphatic heterocycles. The van der Waals surface area contributed by atoms with Crippen LogP contribution in [0.5, 0.6) is 0 Å². The first-order valence-corrected chi connectivity index (χ1v) is 6.22. The van der Waals surface area contributed by atoms with Crippen LogP contribution < -0.4 is 11.1 Å². The minimum Gasteiger partial charge on any atom is -0.446 e. The van der Waals surface area contributed by atoms with Gasteiger partial charge in [0.25, 0.3) is 0 Å². The number of nitrogens with one attached hydrogen (secondary N) is 1. The van der Waals surface area contributed by atoms with Crippen molar-refractivity contribution in [2.24, 2.45) is 5.73 Å². The molecule has 1 saturated heterocycles. The summed E-state index contributed by atoms with van der Waals surface area (Å²) < 4.78 is 5.33. The van der Waals surface area contributed by atoms with E-state index >= 15 is 0 Å². The number of thiocarbonyl (C=S) groups is 1. The molecule has 1 heterocycles. The van der Waals surface area contributed by atoms with Crippen molar-refractivity contribution in [1.29, 1.82) is 0 Å². The number of hydrogen-bond acceptors (Lipinski definition) is 3. The van der Waals surface area contributed by atoms with Gasteiger partial charge in [0.2, 0.25) is 0 Å². The Balaban J connectivity index is 2.31. The third-order valence-electron chi connectivity index (χ3n) is 2.50. The number of ether oxygens (including phenoxy) is 1. The van der Waals surface area contributed by atoms with E-state index in [1.165, 1.54) is 0 Å². The van der Waals surface area contributed by atoms with E-state index in [1.807, 2.05) is 25.7 Å². The van der Waals surface area contributed by atoms with Gasteiger partial charge >= 0.3 is 6.09 Å². The molecule has 0 aromatic heterocycles. The summed E-state index contributed by atoms with van der Waals surface area (Å²) in [6, 6.07) is 0. The molecule has 0 aromatic carbocycles. The topological polar surface area (TPSA) is 67.6 Å². The van der Waals surface area contributed by atoms with Crippen LogP contribution in [0.1, 0.15) is 33.6 Å². The molecule has 0 unspecified atom stereocenters. The summed E-state index contributed by atoms with van der Waals surface area (Å²) in [5.41, 5.74) is 5.27. The Hall–Kier alpha value is -1.04. The maximum atomic E-state index is 11.5. The first-order chi connectivity index (χ1) is 7.78. The van der Waals surface area contributed by atoms with Crippen molar-refractivity contribution < 1.29 is 9.53 Å². The van der Waals surface area contributed by atoms with E-state index in [9.17, 15) is 4.79 Å². The Kier molecular flexibility index (Phi) is 4.56. The standard InChI is InChI=1S/C11H21N3O2S/c1-11(2,3)13-10(15)16-8-4-6-14(7-5-8)9(12)17/h8H,4-7H2,1-3H3,(H2,12,17)(H,13,15). The van der Waals surface area contributed by atoms with Gasteiger partial charge in [-0.2, -0.15) is 0 Å². The Morgan fingerprint density at radius 3 is 2.35 bits per heavy atom. The molecule has 1 aliphatic rings. The third kappa shape index (κ3) is 5.21. The molecule has 0 aromatic rings. The number of amides is 1. The highest BCUT2D eigenvalue weighted by Gasteiger charge is 2.24. The number of piperidine rings is 1. The molecular weight excluding hydrogens is 238 g/mol.